The van der Waals surface area contributed by atoms with E-state index in [2.05, 4.69) is 22.0 Å². The van der Waals surface area contributed by atoms with Gasteiger partial charge < -0.3 is 9.88 Å². The van der Waals surface area contributed by atoms with Gasteiger partial charge in [-0.25, -0.2) is 0 Å². The molecule has 1 aliphatic heterocycles. The van der Waals surface area contributed by atoms with Crippen LogP contribution in [-0.2, 0) is 6.54 Å². The minimum absolute atomic E-state index is 0.0460. The normalized spacial score (nSPS) is 15.4. The van der Waals surface area contributed by atoms with E-state index in [1.165, 1.54) is 16.5 Å². The van der Waals surface area contributed by atoms with E-state index < -0.39 is 0 Å². The lowest BCUT2D eigenvalue weighted by atomic mass is 10.2. The number of carbonyl (C=O) groups excluding carboxylic acids is 2. The van der Waals surface area contributed by atoms with Gasteiger partial charge in [0.25, 0.3) is 5.91 Å². The number of carbonyl (C=O) groups is 2. The van der Waals surface area contributed by atoms with Gasteiger partial charge in [-0.15, -0.1) is 11.3 Å². The Hall–Kier alpha value is -2.15. The van der Waals surface area contributed by atoms with Crippen molar-refractivity contribution < 1.29 is 9.59 Å². The highest BCUT2D eigenvalue weighted by Crippen LogP contribution is 2.36. The Kier molecular flexibility index (Phi) is 5.04. The van der Waals surface area contributed by atoms with E-state index in [4.69, 9.17) is 11.6 Å². The third kappa shape index (κ3) is 3.65. The SMILES string of the molecule is CC(=O)c1c[nH]c(C(=O)N2CCN(Cc3sc4ccccc4c3Cl)CC2)c1. The number of benzene rings is 1. The summed E-state index contributed by atoms with van der Waals surface area (Å²) in [7, 11) is 0. The van der Waals surface area contributed by atoms with E-state index in [1.807, 2.05) is 17.0 Å². The van der Waals surface area contributed by atoms with Crippen molar-refractivity contribution in [3.05, 3.63) is 57.7 Å². The predicted molar refractivity (Wildman–Crippen MR) is 109 cm³/mol. The van der Waals surface area contributed by atoms with Crippen LogP contribution in [0.1, 0.15) is 32.6 Å². The Morgan fingerprint density at radius 2 is 1.93 bits per heavy atom. The monoisotopic (exact) mass is 401 g/mol. The predicted octanol–water partition coefficient (Wildman–Crippen LogP) is 4.04. The fourth-order valence-corrected chi connectivity index (χ4v) is 4.91. The van der Waals surface area contributed by atoms with E-state index in [9.17, 15) is 9.59 Å². The van der Waals surface area contributed by atoms with Crippen LogP contribution in [0.4, 0.5) is 0 Å². The minimum Gasteiger partial charge on any atom is -0.356 e. The van der Waals surface area contributed by atoms with Crippen LogP contribution in [0.3, 0.4) is 0 Å². The summed E-state index contributed by atoms with van der Waals surface area (Å²) in [6.45, 7) is 5.23. The molecule has 27 heavy (non-hydrogen) atoms. The van der Waals surface area contributed by atoms with Crippen LogP contribution in [0, 0.1) is 0 Å². The maximum atomic E-state index is 12.6. The highest BCUT2D eigenvalue weighted by atomic mass is 35.5. The molecule has 4 rings (SSSR count). The number of amides is 1. The number of aromatic amines is 1. The number of nitrogens with zero attached hydrogens (tertiary/aromatic N) is 2. The molecule has 7 heteroatoms. The van der Waals surface area contributed by atoms with Crippen molar-refractivity contribution in [2.75, 3.05) is 26.2 Å². The van der Waals surface area contributed by atoms with Crippen LogP contribution < -0.4 is 0 Å². The molecule has 1 saturated heterocycles. The Morgan fingerprint density at radius 3 is 2.59 bits per heavy atom. The number of thiophene rings is 1. The number of piperazine rings is 1. The van der Waals surface area contributed by atoms with Gasteiger partial charge in [-0.3, -0.25) is 14.5 Å². The zero-order valence-corrected chi connectivity index (χ0v) is 16.6. The number of nitrogens with one attached hydrogen (secondary N) is 1. The van der Waals surface area contributed by atoms with Gasteiger partial charge in [0.15, 0.2) is 5.78 Å². The number of hydrogen-bond acceptors (Lipinski definition) is 4. The summed E-state index contributed by atoms with van der Waals surface area (Å²) in [5.41, 5.74) is 1.01. The molecule has 140 valence electrons. The summed E-state index contributed by atoms with van der Waals surface area (Å²) in [6.07, 6.45) is 1.59. The van der Waals surface area contributed by atoms with Crippen LogP contribution in [0.2, 0.25) is 5.02 Å². The number of rotatable bonds is 4. The van der Waals surface area contributed by atoms with Crippen LogP contribution in [0.5, 0.6) is 0 Å². The van der Waals surface area contributed by atoms with Crippen LogP contribution in [0.15, 0.2) is 36.5 Å². The Bertz CT molecular complexity index is 1000. The molecule has 2 aromatic heterocycles. The molecule has 0 unspecified atom stereocenters. The van der Waals surface area contributed by atoms with Gasteiger partial charge in [0.1, 0.15) is 5.69 Å². The van der Waals surface area contributed by atoms with Crippen LogP contribution >= 0.6 is 22.9 Å². The van der Waals surface area contributed by atoms with Crippen LogP contribution in [0.25, 0.3) is 10.1 Å². The molecular weight excluding hydrogens is 382 g/mol. The number of ketones is 1. The van der Waals surface area contributed by atoms with E-state index in [0.717, 1.165) is 30.0 Å². The van der Waals surface area contributed by atoms with Gasteiger partial charge in [0.05, 0.1) is 5.02 Å². The summed E-state index contributed by atoms with van der Waals surface area (Å²) < 4.78 is 1.21. The Labute approximate surface area is 166 Å². The number of hydrogen-bond donors (Lipinski definition) is 1. The molecule has 0 spiro atoms. The van der Waals surface area contributed by atoms with Crippen molar-refractivity contribution >= 4 is 44.7 Å². The van der Waals surface area contributed by atoms with Gasteiger partial charge in [-0.1, -0.05) is 29.8 Å². The molecule has 1 N–H and O–H groups in total. The zero-order valence-electron chi connectivity index (χ0n) is 15.0. The summed E-state index contributed by atoms with van der Waals surface area (Å²) in [5, 5.41) is 1.96. The molecule has 3 aromatic rings. The van der Waals surface area contributed by atoms with Crippen molar-refractivity contribution in [1.82, 2.24) is 14.8 Å². The first-order valence-electron chi connectivity index (χ1n) is 8.90. The van der Waals surface area contributed by atoms with Gasteiger partial charge in [-0.05, 0) is 19.1 Å². The molecule has 0 atom stereocenters. The number of halogens is 1. The highest BCUT2D eigenvalue weighted by molar-refractivity contribution is 7.19. The van der Waals surface area contributed by atoms with Crippen molar-refractivity contribution in [3.63, 3.8) is 0 Å². The van der Waals surface area contributed by atoms with E-state index in [-0.39, 0.29) is 11.7 Å². The molecule has 0 radical (unpaired) electrons. The molecule has 0 saturated carbocycles. The molecule has 0 bridgehead atoms. The van der Waals surface area contributed by atoms with Gasteiger partial charge in [0.2, 0.25) is 0 Å². The lowest BCUT2D eigenvalue weighted by molar-refractivity contribution is 0.0624. The zero-order chi connectivity index (χ0) is 19.0. The topological polar surface area (TPSA) is 56.4 Å². The summed E-state index contributed by atoms with van der Waals surface area (Å²) in [5.74, 6) is -0.0997. The van der Waals surface area contributed by atoms with Gasteiger partial charge >= 0.3 is 0 Å². The lowest BCUT2D eigenvalue weighted by Gasteiger charge is -2.34. The molecular formula is C20H20ClN3O2S. The average Bonchev–Trinajstić information content (AvgIpc) is 3.28. The average molecular weight is 402 g/mol. The summed E-state index contributed by atoms with van der Waals surface area (Å²) in [4.78, 5) is 32.3. The van der Waals surface area contributed by atoms with Crippen LogP contribution in [-0.4, -0.2) is 52.7 Å². The molecule has 1 fully saturated rings. The van der Waals surface area contributed by atoms with Crippen molar-refractivity contribution in [2.24, 2.45) is 0 Å². The Morgan fingerprint density at radius 1 is 1.19 bits per heavy atom. The van der Waals surface area contributed by atoms with Gasteiger partial charge in [0, 0.05) is 59.4 Å². The van der Waals surface area contributed by atoms with Gasteiger partial charge in [-0.2, -0.15) is 0 Å². The van der Waals surface area contributed by atoms with E-state index in [0.29, 0.717) is 24.3 Å². The summed E-state index contributed by atoms with van der Waals surface area (Å²) >= 11 is 8.29. The third-order valence-corrected chi connectivity index (χ3v) is 6.65. The fraction of sp³-hybridized carbons (Fsp3) is 0.300. The maximum absolute atomic E-state index is 12.6. The lowest BCUT2D eigenvalue weighted by Crippen LogP contribution is -2.48. The molecule has 0 aliphatic carbocycles. The van der Waals surface area contributed by atoms with Crippen molar-refractivity contribution in [1.29, 1.82) is 0 Å². The first-order chi connectivity index (χ1) is 13.0. The van der Waals surface area contributed by atoms with E-state index in [1.54, 1.807) is 23.6 Å². The molecule has 1 aromatic carbocycles. The maximum Gasteiger partial charge on any atom is 0.270 e. The van der Waals surface area contributed by atoms with Crippen molar-refractivity contribution in [3.8, 4) is 0 Å². The minimum atomic E-state index is -0.0537. The number of fused-ring (bicyclic) bond motifs is 1. The Balaban J connectivity index is 1.38. The smallest absolute Gasteiger partial charge is 0.270 e. The molecule has 1 amide bonds. The quantitative estimate of drug-likeness (QED) is 0.671. The number of Topliss-reactive ketones (excluding diaryl/α,β-unsaturated/α-hetero) is 1. The molecule has 1 aliphatic rings. The van der Waals surface area contributed by atoms with E-state index >= 15 is 0 Å². The number of H-pyrrole nitrogens is 1. The second kappa shape index (κ2) is 7.46. The highest BCUT2D eigenvalue weighted by Gasteiger charge is 2.24. The first-order valence-corrected chi connectivity index (χ1v) is 10.1. The molecule has 3 heterocycles. The first kappa shape index (κ1) is 18.2. The van der Waals surface area contributed by atoms with Crippen molar-refractivity contribution in [2.45, 2.75) is 13.5 Å². The standard InChI is InChI=1S/C20H20ClN3O2S/c1-13(25)14-10-16(22-11-14)20(26)24-8-6-23(7-9-24)12-18-19(21)15-4-2-3-5-17(15)27-18/h2-5,10-11,22H,6-9,12H2,1H3. The third-order valence-electron chi connectivity index (χ3n) is 4.95. The fourth-order valence-electron chi connectivity index (χ4n) is 3.37. The molecule has 5 nitrogen and oxygen atoms in total. The number of aromatic nitrogens is 1. The summed E-state index contributed by atoms with van der Waals surface area (Å²) in [6, 6.07) is 9.82. The largest absolute Gasteiger partial charge is 0.356 e. The second-order valence-corrected chi connectivity index (χ2v) is 8.28. The second-order valence-electron chi connectivity index (χ2n) is 6.76.